The number of piperidine rings is 1. The van der Waals surface area contributed by atoms with Gasteiger partial charge in [0, 0.05) is 32.2 Å². The number of aliphatic hydroxyl groups is 1. The summed E-state index contributed by atoms with van der Waals surface area (Å²) in [6.45, 7) is 2.40. The summed E-state index contributed by atoms with van der Waals surface area (Å²) >= 11 is 0. The topological polar surface area (TPSA) is 49.8 Å². The molecule has 0 unspecified atom stereocenters. The first-order valence-electron chi connectivity index (χ1n) is 7.93. The maximum atomic E-state index is 13.0. The molecule has 4 nitrogen and oxygen atoms in total. The molecule has 2 aliphatic heterocycles. The number of hydrogen-bond acceptors (Lipinski definition) is 3. The fraction of sp³-hybridized carbons (Fsp3) is 0.588. The van der Waals surface area contributed by atoms with Gasteiger partial charge in [-0.1, -0.05) is 12.1 Å². The minimum Gasteiger partial charge on any atom is -0.385 e. The smallest absolute Gasteiger partial charge is 0.225 e. The van der Waals surface area contributed by atoms with Crippen LogP contribution in [0.2, 0.25) is 0 Å². The average molecular weight is 307 g/mol. The molecule has 3 rings (SSSR count). The van der Waals surface area contributed by atoms with Gasteiger partial charge in [-0.05, 0) is 43.4 Å². The molecule has 22 heavy (non-hydrogen) atoms. The van der Waals surface area contributed by atoms with E-state index in [0.29, 0.717) is 39.1 Å². The third-order valence-electron chi connectivity index (χ3n) is 4.85. The monoisotopic (exact) mass is 307 g/mol. The van der Waals surface area contributed by atoms with Gasteiger partial charge in [-0.15, -0.1) is 0 Å². The van der Waals surface area contributed by atoms with Crippen LogP contribution in [-0.4, -0.2) is 42.2 Å². The summed E-state index contributed by atoms with van der Waals surface area (Å²) in [4.78, 5) is 14.3. The normalized spacial score (nSPS) is 22.5. The Balaban J connectivity index is 1.61. The first-order valence-corrected chi connectivity index (χ1v) is 7.93. The summed E-state index contributed by atoms with van der Waals surface area (Å²) in [6, 6.07) is 6.00. The number of benzene rings is 1. The maximum absolute atomic E-state index is 13.0. The Morgan fingerprint density at radius 3 is 2.36 bits per heavy atom. The lowest BCUT2D eigenvalue weighted by Gasteiger charge is -2.40. The van der Waals surface area contributed by atoms with E-state index < -0.39 is 5.60 Å². The lowest BCUT2D eigenvalue weighted by atomic mass is 9.84. The van der Waals surface area contributed by atoms with Crippen molar-refractivity contribution < 1.29 is 19.0 Å². The summed E-state index contributed by atoms with van der Waals surface area (Å²) in [5, 5.41) is 10.8. The van der Waals surface area contributed by atoms with Crippen LogP contribution in [0.4, 0.5) is 4.39 Å². The second-order valence-electron chi connectivity index (χ2n) is 6.25. The number of halogens is 1. The molecule has 1 aromatic carbocycles. The van der Waals surface area contributed by atoms with Crippen molar-refractivity contribution in [2.75, 3.05) is 26.3 Å². The van der Waals surface area contributed by atoms with Crippen LogP contribution in [0, 0.1) is 11.7 Å². The van der Waals surface area contributed by atoms with E-state index >= 15 is 0 Å². The summed E-state index contributed by atoms with van der Waals surface area (Å²) in [5.74, 6) is -0.0605. The van der Waals surface area contributed by atoms with Gasteiger partial charge in [0.05, 0.1) is 5.60 Å². The molecule has 2 aliphatic rings. The second kappa shape index (κ2) is 6.34. The van der Waals surface area contributed by atoms with Gasteiger partial charge in [-0.3, -0.25) is 4.79 Å². The molecule has 120 valence electrons. The molecular formula is C17H22FNO3. The van der Waals surface area contributed by atoms with Crippen molar-refractivity contribution in [2.24, 2.45) is 5.92 Å². The lowest BCUT2D eigenvalue weighted by Crippen LogP contribution is -2.47. The van der Waals surface area contributed by atoms with Crippen LogP contribution in [0.25, 0.3) is 0 Å². The van der Waals surface area contributed by atoms with E-state index in [9.17, 15) is 14.3 Å². The number of carbonyl (C=O) groups is 1. The molecule has 2 fully saturated rings. The Labute approximate surface area is 129 Å². The first kappa shape index (κ1) is 15.4. The number of ether oxygens (including phenoxy) is 1. The lowest BCUT2D eigenvalue weighted by molar-refractivity contribution is -0.143. The predicted molar refractivity (Wildman–Crippen MR) is 79.7 cm³/mol. The third kappa shape index (κ3) is 3.15. The zero-order valence-electron chi connectivity index (χ0n) is 12.6. The Hall–Kier alpha value is -1.46. The number of hydrogen-bond donors (Lipinski definition) is 1. The van der Waals surface area contributed by atoms with Crippen LogP contribution in [0.3, 0.4) is 0 Å². The van der Waals surface area contributed by atoms with Crippen LogP contribution in [0.5, 0.6) is 0 Å². The molecule has 0 spiro atoms. The molecule has 0 aliphatic carbocycles. The van der Waals surface area contributed by atoms with Crippen LogP contribution in [0.15, 0.2) is 24.3 Å². The molecule has 0 bridgehead atoms. The summed E-state index contributed by atoms with van der Waals surface area (Å²) in [7, 11) is 0. The molecule has 0 saturated carbocycles. The molecule has 1 N–H and O–H groups in total. The van der Waals surface area contributed by atoms with Crippen molar-refractivity contribution in [3.8, 4) is 0 Å². The molecule has 0 atom stereocenters. The largest absolute Gasteiger partial charge is 0.385 e. The molecule has 5 heteroatoms. The fourth-order valence-corrected chi connectivity index (χ4v) is 3.35. The number of rotatable bonds is 2. The van der Waals surface area contributed by atoms with Crippen molar-refractivity contribution in [1.82, 2.24) is 4.90 Å². The van der Waals surface area contributed by atoms with Crippen molar-refractivity contribution >= 4 is 5.91 Å². The second-order valence-corrected chi connectivity index (χ2v) is 6.25. The van der Waals surface area contributed by atoms with Crippen molar-refractivity contribution in [3.63, 3.8) is 0 Å². The van der Waals surface area contributed by atoms with E-state index in [1.807, 2.05) is 4.90 Å². The van der Waals surface area contributed by atoms with E-state index in [0.717, 1.165) is 18.4 Å². The van der Waals surface area contributed by atoms with Crippen LogP contribution in [0.1, 0.15) is 31.2 Å². The zero-order chi connectivity index (χ0) is 15.6. The number of nitrogens with zero attached hydrogens (tertiary/aromatic N) is 1. The highest BCUT2D eigenvalue weighted by Crippen LogP contribution is 2.33. The molecule has 1 aromatic rings. The molecule has 2 heterocycles. The van der Waals surface area contributed by atoms with Gasteiger partial charge >= 0.3 is 0 Å². The van der Waals surface area contributed by atoms with Gasteiger partial charge < -0.3 is 14.7 Å². The Bertz CT molecular complexity index is 517. The highest BCUT2D eigenvalue weighted by Gasteiger charge is 2.37. The van der Waals surface area contributed by atoms with Gasteiger partial charge in [-0.25, -0.2) is 4.39 Å². The third-order valence-corrected chi connectivity index (χ3v) is 4.85. The van der Waals surface area contributed by atoms with Crippen molar-refractivity contribution in [3.05, 3.63) is 35.6 Å². The molecular weight excluding hydrogens is 285 g/mol. The van der Waals surface area contributed by atoms with E-state index in [4.69, 9.17) is 4.74 Å². The fourth-order valence-electron chi connectivity index (χ4n) is 3.35. The number of amides is 1. The van der Waals surface area contributed by atoms with Gasteiger partial charge in [0.1, 0.15) is 5.82 Å². The standard InChI is InChI=1S/C17H22FNO3/c18-15-3-1-14(2-4-15)17(21)7-9-19(10-8-17)16(20)13-5-11-22-12-6-13/h1-4,13,21H,5-12H2. The number of likely N-dealkylation sites (tertiary alicyclic amines) is 1. The SMILES string of the molecule is O=C(C1CCOCC1)N1CCC(O)(c2ccc(F)cc2)CC1. The van der Waals surface area contributed by atoms with Crippen molar-refractivity contribution in [2.45, 2.75) is 31.3 Å². The van der Waals surface area contributed by atoms with E-state index in [1.54, 1.807) is 12.1 Å². The molecule has 1 amide bonds. The van der Waals surface area contributed by atoms with Crippen LogP contribution < -0.4 is 0 Å². The van der Waals surface area contributed by atoms with Crippen LogP contribution >= 0.6 is 0 Å². The highest BCUT2D eigenvalue weighted by atomic mass is 19.1. The Kier molecular flexibility index (Phi) is 4.45. The Morgan fingerprint density at radius 2 is 1.77 bits per heavy atom. The zero-order valence-corrected chi connectivity index (χ0v) is 12.6. The van der Waals surface area contributed by atoms with E-state index in [1.165, 1.54) is 12.1 Å². The van der Waals surface area contributed by atoms with E-state index in [-0.39, 0.29) is 17.6 Å². The Morgan fingerprint density at radius 1 is 1.18 bits per heavy atom. The first-order chi connectivity index (χ1) is 10.6. The summed E-state index contributed by atoms with van der Waals surface area (Å²) in [5.41, 5.74) is -0.229. The summed E-state index contributed by atoms with van der Waals surface area (Å²) < 4.78 is 18.3. The quantitative estimate of drug-likeness (QED) is 0.910. The number of carbonyl (C=O) groups excluding carboxylic acids is 1. The summed E-state index contributed by atoms with van der Waals surface area (Å²) in [6.07, 6.45) is 2.57. The van der Waals surface area contributed by atoms with Gasteiger partial charge in [0.2, 0.25) is 5.91 Å². The minimum absolute atomic E-state index is 0.0609. The molecule has 0 aromatic heterocycles. The van der Waals surface area contributed by atoms with E-state index in [2.05, 4.69) is 0 Å². The molecule has 2 saturated heterocycles. The minimum atomic E-state index is -0.958. The van der Waals surface area contributed by atoms with Gasteiger partial charge in [-0.2, -0.15) is 0 Å². The highest BCUT2D eigenvalue weighted by molar-refractivity contribution is 5.79. The maximum Gasteiger partial charge on any atom is 0.225 e. The average Bonchev–Trinajstić information content (AvgIpc) is 2.56. The predicted octanol–water partition coefficient (Wildman–Crippen LogP) is 2.06. The molecule has 0 radical (unpaired) electrons. The van der Waals surface area contributed by atoms with Gasteiger partial charge in [0.25, 0.3) is 0 Å². The van der Waals surface area contributed by atoms with Gasteiger partial charge in [0.15, 0.2) is 0 Å². The van der Waals surface area contributed by atoms with Crippen LogP contribution in [-0.2, 0) is 15.1 Å². The van der Waals surface area contributed by atoms with Crippen molar-refractivity contribution in [1.29, 1.82) is 0 Å².